The zero-order chi connectivity index (χ0) is 84.3. The van der Waals surface area contributed by atoms with E-state index >= 15 is 0 Å². The van der Waals surface area contributed by atoms with E-state index in [9.17, 15) is 43.0 Å². The van der Waals surface area contributed by atoms with E-state index < -0.39 is 13.9 Å². The molecule has 9 atom stereocenters. The molecule has 4 saturated heterocycles. The van der Waals surface area contributed by atoms with Crippen molar-refractivity contribution in [3.8, 4) is 0 Å². The first kappa shape index (κ1) is 107. The maximum atomic E-state index is 13.3. The lowest BCUT2D eigenvalue weighted by Gasteiger charge is -2.26. The predicted molar refractivity (Wildman–Crippen MR) is 471 cm³/mol. The van der Waals surface area contributed by atoms with E-state index in [1.807, 2.05) is 101 Å². The molecule has 0 aromatic carbocycles. The summed E-state index contributed by atoms with van der Waals surface area (Å²) in [5, 5.41) is 3.40. The number of phosphoric ester groups is 1. The Morgan fingerprint density at radius 2 is 0.735 bits per heavy atom. The van der Waals surface area contributed by atoms with Gasteiger partial charge in [0.25, 0.3) is 0 Å². The van der Waals surface area contributed by atoms with Crippen LogP contribution in [0.4, 0.5) is 0 Å². The third-order valence-electron chi connectivity index (χ3n) is 20.5. The number of ketones is 3. The molecule has 4 heterocycles. The molecule has 4 fully saturated rings. The van der Waals surface area contributed by atoms with Crippen molar-refractivity contribution >= 4 is 92.0 Å². The van der Waals surface area contributed by atoms with Gasteiger partial charge in [0.2, 0.25) is 23.6 Å². The Kier molecular flexibility index (Phi) is 59.9. The van der Waals surface area contributed by atoms with Gasteiger partial charge in [0.15, 0.2) is 0 Å². The fourth-order valence-corrected chi connectivity index (χ4v) is 19.6. The van der Waals surface area contributed by atoms with E-state index in [0.29, 0.717) is 121 Å². The van der Waals surface area contributed by atoms with Gasteiger partial charge >= 0.3 is 7.82 Å². The Morgan fingerprint density at radius 3 is 1.14 bits per heavy atom. The third-order valence-corrected chi connectivity index (χ3v) is 26.6. The Morgan fingerprint density at radius 1 is 0.389 bits per heavy atom. The van der Waals surface area contributed by atoms with Gasteiger partial charge in [0.1, 0.15) is 17.3 Å². The number of likely N-dealkylation sites (tertiary alicyclic amines) is 4. The molecule has 1 unspecified atom stereocenters. The summed E-state index contributed by atoms with van der Waals surface area (Å²) in [6.07, 6.45) is 27.5. The number of nitrogens with one attached hydrogen (secondary N) is 1. The lowest BCUT2D eigenvalue weighted by atomic mass is 10.0. The minimum Gasteiger partial charge on any atom is -0.377 e. The predicted octanol–water partition coefficient (Wildman–Crippen LogP) is 19.3. The summed E-state index contributed by atoms with van der Waals surface area (Å²) in [5.41, 5.74) is 0. The molecule has 21 nitrogen and oxygen atoms in total. The Balaban J connectivity index is 0.000000630. The average Bonchev–Trinajstić information content (AvgIpc) is 1.71. The van der Waals surface area contributed by atoms with Crippen LogP contribution in [0.2, 0.25) is 0 Å². The fourth-order valence-electron chi connectivity index (χ4n) is 14.4. The van der Waals surface area contributed by atoms with Crippen LogP contribution < -0.4 is 5.32 Å². The number of Topliss-reactive ketones (excluding diaryl/α,β-unsaturated/α-hetero) is 3. The highest BCUT2D eigenvalue weighted by Crippen LogP contribution is 2.47. The van der Waals surface area contributed by atoms with Crippen LogP contribution in [0.25, 0.3) is 0 Å². The number of carbonyl (C=O) groups excluding carboxylic acids is 7. The van der Waals surface area contributed by atoms with E-state index in [-0.39, 0.29) is 127 Å². The number of hydrogen-bond donors (Lipinski definition) is 2. The molecule has 662 valence electrons. The van der Waals surface area contributed by atoms with E-state index in [1.165, 1.54) is 44.3 Å². The molecular weight excluding hydrogens is 1530 g/mol. The van der Waals surface area contributed by atoms with Crippen LogP contribution in [-0.2, 0) is 70.9 Å². The van der Waals surface area contributed by atoms with Crippen LogP contribution >= 0.6 is 51.0 Å². The molecule has 0 aromatic heterocycles. The highest BCUT2D eigenvalue weighted by Gasteiger charge is 2.42. The number of rotatable bonds is 62. The van der Waals surface area contributed by atoms with Crippen molar-refractivity contribution in [3.05, 3.63) is 0 Å². The van der Waals surface area contributed by atoms with Crippen LogP contribution in [0.5, 0.6) is 0 Å². The first-order valence-corrected chi connectivity index (χ1v) is 50.8. The van der Waals surface area contributed by atoms with Crippen molar-refractivity contribution in [3.63, 3.8) is 0 Å². The minimum absolute atomic E-state index is 0.0193. The number of ether oxygens (including phenoxy) is 5. The van der Waals surface area contributed by atoms with Crippen LogP contribution in [0.1, 0.15) is 331 Å². The molecule has 4 rings (SSSR count). The molecule has 2 N–H and O–H groups in total. The molecule has 0 radical (unpaired) electrons. The number of nitrogens with zero attached hydrogens (tertiary/aromatic N) is 4. The smallest absolute Gasteiger partial charge is 0.377 e. The second-order valence-electron chi connectivity index (χ2n) is 34.8. The summed E-state index contributed by atoms with van der Waals surface area (Å²) in [4.78, 5) is 106. The van der Waals surface area contributed by atoms with Gasteiger partial charge in [0.05, 0.1) is 99.4 Å². The van der Waals surface area contributed by atoms with Crippen LogP contribution in [0.3, 0.4) is 0 Å². The summed E-state index contributed by atoms with van der Waals surface area (Å²) in [5.74, 6) is 6.54. The average molecular weight is 1700 g/mol. The topological polar surface area (TPSA) is 246 Å². The zero-order valence-electron chi connectivity index (χ0n) is 74.4. The number of phosphoric acid groups is 1. The van der Waals surface area contributed by atoms with Crippen molar-refractivity contribution in [1.82, 2.24) is 24.9 Å². The molecule has 113 heavy (non-hydrogen) atoms. The summed E-state index contributed by atoms with van der Waals surface area (Å²) >= 11 is 0. The highest BCUT2D eigenvalue weighted by atomic mass is 33.1. The van der Waals surface area contributed by atoms with E-state index in [1.54, 1.807) is 31.4 Å². The molecule has 0 aliphatic carbocycles. The van der Waals surface area contributed by atoms with Crippen molar-refractivity contribution in [2.75, 3.05) is 82.2 Å². The SMILES string of the molecule is CC(C)CCCSSCCCC(=O)N1C[C@H](OC(C)C)C[C@H]1COC(C)C.CC(C)NCCCCCC(=O)CCCCCCC(=O)N1C[C@H](C)C[C@H]1COP(=O)(O)O[C@@H]1C[C@@H](COC(C)C)N(C(=O)CCCSSCCC(=O)C(C)C)C1.CC(C)OC[C@@H]1C[C@@H](OC(C)C)CN1C(=O)CCCCCCCCCCC(=O)C(C)C. The molecule has 0 saturated carbocycles. The molecule has 4 aliphatic heterocycles. The molecule has 0 aromatic rings. The van der Waals surface area contributed by atoms with Gasteiger partial charge in [-0.3, -0.25) is 42.6 Å². The van der Waals surface area contributed by atoms with Crippen molar-refractivity contribution in [2.45, 2.75) is 410 Å². The van der Waals surface area contributed by atoms with E-state index in [2.05, 4.69) is 67.6 Å². The molecule has 4 amide bonds. The fraction of sp³-hybridized carbons (Fsp3) is 0.920. The minimum atomic E-state index is -4.48. The zero-order valence-corrected chi connectivity index (χ0v) is 78.5. The summed E-state index contributed by atoms with van der Waals surface area (Å²) in [6, 6.07) is 0.197. The molecule has 0 bridgehead atoms. The van der Waals surface area contributed by atoms with Crippen molar-refractivity contribution < 1.29 is 75.8 Å². The lowest BCUT2D eigenvalue weighted by Crippen LogP contribution is -2.39. The molecule has 4 aliphatic rings. The quantitative estimate of drug-likeness (QED) is 0.0326. The molecular formula is C87H164N5O16PS4. The second kappa shape index (κ2) is 63.2. The van der Waals surface area contributed by atoms with Crippen LogP contribution in [-0.4, -0.2) is 227 Å². The number of unbranched alkanes of at least 4 members (excludes halogenated alkanes) is 12. The van der Waals surface area contributed by atoms with Gasteiger partial charge in [-0.15, -0.1) is 0 Å². The Labute approximate surface area is 703 Å². The summed E-state index contributed by atoms with van der Waals surface area (Å²) in [6.45, 7) is 43.5. The van der Waals surface area contributed by atoms with Gasteiger partial charge in [-0.1, -0.05) is 170 Å². The Bertz CT molecular complexity index is 2610. The van der Waals surface area contributed by atoms with Gasteiger partial charge in [-0.25, -0.2) is 4.57 Å². The largest absolute Gasteiger partial charge is 0.472 e. The standard InChI is InChI=1S/C40H74N3O9PS2.C26H49NO4.C21H41NO3S2/c1-30(2)38(45)20-23-55-54-22-15-19-40(47)43-27-37(25-35(43)28-50-32(5)6)52-53(48,49)51-29-34-24-33(7)26-42(34)39(46)18-13-9-8-11-16-36(44)17-12-10-14-21-41-31(3)4;1-20(2)25(28)15-13-11-9-7-8-10-12-14-16-26(29)27-18-24(31-22(5)6)17-23(27)19-30-21(3)4;1-16(2)9-7-11-26-27-12-8-10-21(23)22-14-20(25-18(5)6)13-19(22)15-24-17(3)4/h30-35,37,41H,8-29H2,1-7H3,(H,48,49);20-24H,7-19H2,1-6H3;16-20H,7-15H2,1-6H3/t33-,34+,35+,37-;23-,24+;19-,20+/m100/s1. The Hall–Kier alpha value is -1.84. The van der Waals surface area contributed by atoms with Crippen LogP contribution in [0.15, 0.2) is 0 Å². The van der Waals surface area contributed by atoms with Gasteiger partial charge < -0.3 is 53.5 Å². The van der Waals surface area contributed by atoms with Crippen molar-refractivity contribution in [2.24, 2.45) is 23.7 Å². The van der Waals surface area contributed by atoms with E-state index in [0.717, 1.165) is 126 Å². The van der Waals surface area contributed by atoms with Gasteiger partial charge in [-0.2, -0.15) is 0 Å². The number of amides is 4. The summed E-state index contributed by atoms with van der Waals surface area (Å²) < 4.78 is 53.7. The van der Waals surface area contributed by atoms with Gasteiger partial charge in [0, 0.05) is 118 Å². The molecule has 0 spiro atoms. The monoisotopic (exact) mass is 1690 g/mol. The first-order valence-electron chi connectivity index (χ1n) is 44.4. The molecule has 26 heteroatoms. The second-order valence-corrected chi connectivity index (χ2v) is 41.6. The number of carbonyl (C=O) groups is 7. The maximum Gasteiger partial charge on any atom is 0.472 e. The first-order chi connectivity index (χ1) is 53.6. The normalized spacial score (nSPS) is 20.5. The van der Waals surface area contributed by atoms with Gasteiger partial charge in [-0.05, 0) is 171 Å². The lowest BCUT2D eigenvalue weighted by molar-refractivity contribution is -0.134. The summed E-state index contributed by atoms with van der Waals surface area (Å²) in [7, 11) is 2.70. The van der Waals surface area contributed by atoms with Crippen LogP contribution in [0, 0.1) is 23.7 Å². The van der Waals surface area contributed by atoms with Crippen molar-refractivity contribution in [1.29, 1.82) is 0 Å². The highest BCUT2D eigenvalue weighted by molar-refractivity contribution is 8.77. The third kappa shape index (κ3) is 52.8. The van der Waals surface area contributed by atoms with E-state index in [4.69, 9.17) is 32.7 Å². The maximum absolute atomic E-state index is 13.3. The number of hydrogen-bond acceptors (Lipinski definition) is 20.